The molecule has 2 aliphatic rings. The molecule has 0 spiro atoms. The van der Waals surface area contributed by atoms with Crippen molar-refractivity contribution in [2.45, 2.75) is 51.7 Å². The van der Waals surface area contributed by atoms with Gasteiger partial charge in [0.05, 0.1) is 0 Å². The number of ether oxygens (including phenoxy) is 1. The first-order chi connectivity index (χ1) is 10.2. The van der Waals surface area contributed by atoms with Crippen LogP contribution >= 0.6 is 15.9 Å². The van der Waals surface area contributed by atoms with Crippen LogP contribution in [0, 0.1) is 5.92 Å². The standard InChI is InChI=1S/C16H23BrN2O3/c1-16(2,3)22-15(21)19(4)13-8-5-10-9-11(17)6-7-12(10)18-14(13)20/h6-7,10,13H,5,8-9H2,1-4H3,(H,18,20)/t10-,13+/m0/s1. The molecule has 6 heteroatoms. The zero-order valence-electron chi connectivity index (χ0n) is 13.5. The Hall–Kier alpha value is -1.30. The number of carbonyl (C=O) groups excluding carboxylic acids is 2. The second kappa shape index (κ2) is 6.44. The SMILES string of the molecule is CN(C(=O)OC(C)(C)C)[C@@H]1CC[C@H]2CC(Br)=CC=C2NC1=O. The van der Waals surface area contributed by atoms with E-state index in [9.17, 15) is 9.59 Å². The molecule has 22 heavy (non-hydrogen) atoms. The predicted molar refractivity (Wildman–Crippen MR) is 88.4 cm³/mol. The summed E-state index contributed by atoms with van der Waals surface area (Å²) in [5.41, 5.74) is 0.367. The van der Waals surface area contributed by atoms with Crippen molar-refractivity contribution in [1.82, 2.24) is 10.2 Å². The summed E-state index contributed by atoms with van der Waals surface area (Å²) in [7, 11) is 1.62. The summed E-state index contributed by atoms with van der Waals surface area (Å²) in [6.07, 6.45) is 5.80. The van der Waals surface area contributed by atoms with Crippen molar-refractivity contribution in [2.24, 2.45) is 5.92 Å². The van der Waals surface area contributed by atoms with Gasteiger partial charge in [0.2, 0.25) is 5.91 Å². The van der Waals surface area contributed by atoms with E-state index in [0.717, 1.165) is 23.0 Å². The highest BCUT2D eigenvalue weighted by Gasteiger charge is 2.35. The molecule has 2 amide bonds. The third-order valence-electron chi connectivity index (χ3n) is 3.83. The zero-order valence-corrected chi connectivity index (χ0v) is 15.1. The lowest BCUT2D eigenvalue weighted by Crippen LogP contribution is -2.47. The number of amides is 2. The highest BCUT2D eigenvalue weighted by molar-refractivity contribution is 9.11. The largest absolute Gasteiger partial charge is 0.444 e. The average Bonchev–Trinajstić information content (AvgIpc) is 2.54. The van der Waals surface area contributed by atoms with Crippen LogP contribution in [0.15, 0.2) is 22.3 Å². The fourth-order valence-electron chi connectivity index (χ4n) is 2.68. The molecule has 0 bridgehead atoms. The predicted octanol–water partition coefficient (Wildman–Crippen LogP) is 3.31. The molecule has 1 aliphatic heterocycles. The number of halogens is 1. The summed E-state index contributed by atoms with van der Waals surface area (Å²) < 4.78 is 6.49. The maximum absolute atomic E-state index is 12.4. The maximum atomic E-state index is 12.4. The Morgan fingerprint density at radius 1 is 1.36 bits per heavy atom. The Labute approximate surface area is 139 Å². The van der Waals surface area contributed by atoms with E-state index in [2.05, 4.69) is 21.2 Å². The molecule has 0 aromatic rings. The molecule has 0 radical (unpaired) electrons. The summed E-state index contributed by atoms with van der Waals surface area (Å²) in [6.45, 7) is 5.44. The van der Waals surface area contributed by atoms with Gasteiger partial charge in [-0.25, -0.2) is 4.79 Å². The molecule has 1 aliphatic carbocycles. The summed E-state index contributed by atoms with van der Waals surface area (Å²) in [4.78, 5) is 26.0. The highest BCUT2D eigenvalue weighted by atomic mass is 79.9. The van der Waals surface area contributed by atoms with Crippen LogP contribution in [0.1, 0.15) is 40.0 Å². The lowest BCUT2D eigenvalue weighted by atomic mass is 9.92. The monoisotopic (exact) mass is 370 g/mol. The quantitative estimate of drug-likeness (QED) is 0.769. The fraction of sp³-hybridized carbons (Fsp3) is 0.625. The van der Waals surface area contributed by atoms with Crippen LogP contribution in [0.3, 0.4) is 0 Å². The Kier molecular flexibility index (Phi) is 5.00. The molecule has 2 rings (SSSR count). The van der Waals surface area contributed by atoms with E-state index < -0.39 is 17.7 Å². The number of fused-ring (bicyclic) bond motifs is 1. The third kappa shape index (κ3) is 4.12. The number of carbonyl (C=O) groups is 2. The number of likely N-dealkylation sites (N-methyl/N-ethyl adjacent to an activating group) is 1. The lowest BCUT2D eigenvalue weighted by Gasteiger charge is -2.29. The van der Waals surface area contributed by atoms with Gasteiger partial charge in [-0.05, 0) is 50.6 Å². The van der Waals surface area contributed by atoms with Gasteiger partial charge in [-0.3, -0.25) is 9.69 Å². The molecule has 2 atom stereocenters. The molecule has 122 valence electrons. The van der Waals surface area contributed by atoms with Gasteiger partial charge >= 0.3 is 6.09 Å². The van der Waals surface area contributed by atoms with Crippen LogP contribution in [-0.2, 0) is 9.53 Å². The van der Waals surface area contributed by atoms with Gasteiger partial charge in [0, 0.05) is 18.7 Å². The highest BCUT2D eigenvalue weighted by Crippen LogP contribution is 2.33. The van der Waals surface area contributed by atoms with Crippen LogP contribution in [0.5, 0.6) is 0 Å². The van der Waals surface area contributed by atoms with Crippen molar-refractivity contribution in [3.63, 3.8) is 0 Å². The Morgan fingerprint density at radius 3 is 2.68 bits per heavy atom. The maximum Gasteiger partial charge on any atom is 0.410 e. The first kappa shape index (κ1) is 17.1. The minimum absolute atomic E-state index is 0.145. The van der Waals surface area contributed by atoms with Crippen LogP contribution in [0.25, 0.3) is 0 Å². The van der Waals surface area contributed by atoms with Gasteiger partial charge in [0.15, 0.2) is 0 Å². The van der Waals surface area contributed by atoms with E-state index in [1.807, 2.05) is 32.9 Å². The molecule has 5 nitrogen and oxygen atoms in total. The number of nitrogens with one attached hydrogen (secondary N) is 1. The Balaban J connectivity index is 2.08. The van der Waals surface area contributed by atoms with E-state index >= 15 is 0 Å². The molecular weight excluding hydrogens is 348 g/mol. The normalized spacial score (nSPS) is 25.2. The van der Waals surface area contributed by atoms with E-state index in [1.54, 1.807) is 7.05 Å². The third-order valence-corrected chi connectivity index (χ3v) is 4.42. The van der Waals surface area contributed by atoms with Gasteiger partial charge in [0.25, 0.3) is 0 Å². The lowest BCUT2D eigenvalue weighted by molar-refractivity contribution is -0.125. The molecule has 1 saturated heterocycles. The van der Waals surface area contributed by atoms with E-state index in [1.165, 1.54) is 4.90 Å². The van der Waals surface area contributed by atoms with Gasteiger partial charge in [-0.2, -0.15) is 0 Å². The minimum atomic E-state index is -0.572. The molecule has 1 N–H and O–H groups in total. The number of allylic oxidation sites excluding steroid dienone is 4. The van der Waals surface area contributed by atoms with E-state index in [0.29, 0.717) is 12.3 Å². The van der Waals surface area contributed by atoms with Crippen molar-refractivity contribution in [3.8, 4) is 0 Å². The molecule has 0 saturated carbocycles. The van der Waals surface area contributed by atoms with Crippen molar-refractivity contribution < 1.29 is 14.3 Å². The molecule has 1 heterocycles. The van der Waals surface area contributed by atoms with Crippen molar-refractivity contribution in [2.75, 3.05) is 7.05 Å². The van der Waals surface area contributed by atoms with Crippen LogP contribution < -0.4 is 5.32 Å². The first-order valence-electron chi connectivity index (χ1n) is 7.50. The Bertz CT molecular complexity index is 534. The number of nitrogens with zero attached hydrogens (tertiary/aromatic N) is 1. The van der Waals surface area contributed by atoms with Crippen LogP contribution in [0.4, 0.5) is 4.79 Å². The Morgan fingerprint density at radius 2 is 2.05 bits per heavy atom. The van der Waals surface area contributed by atoms with E-state index in [-0.39, 0.29) is 5.91 Å². The molecule has 1 fully saturated rings. The van der Waals surface area contributed by atoms with Gasteiger partial charge in [-0.1, -0.05) is 22.0 Å². The zero-order chi connectivity index (χ0) is 16.5. The van der Waals surface area contributed by atoms with Crippen molar-refractivity contribution >= 4 is 27.9 Å². The fourth-order valence-corrected chi connectivity index (χ4v) is 3.20. The molecule has 0 unspecified atom stereocenters. The summed E-state index contributed by atoms with van der Waals surface area (Å²) in [5.74, 6) is 0.147. The summed E-state index contributed by atoms with van der Waals surface area (Å²) in [6, 6.07) is -0.500. The van der Waals surface area contributed by atoms with Gasteiger partial charge in [0.1, 0.15) is 11.6 Å². The number of rotatable bonds is 1. The average molecular weight is 371 g/mol. The van der Waals surface area contributed by atoms with Crippen LogP contribution in [0.2, 0.25) is 0 Å². The number of hydrogen-bond donors (Lipinski definition) is 1. The van der Waals surface area contributed by atoms with Gasteiger partial charge < -0.3 is 10.1 Å². The first-order valence-corrected chi connectivity index (χ1v) is 8.29. The second-order valence-corrected chi connectivity index (χ2v) is 7.83. The second-order valence-electron chi connectivity index (χ2n) is 6.81. The molecular formula is C16H23BrN2O3. The smallest absolute Gasteiger partial charge is 0.410 e. The minimum Gasteiger partial charge on any atom is -0.444 e. The summed E-state index contributed by atoms with van der Waals surface area (Å²) in [5, 5.41) is 2.96. The summed E-state index contributed by atoms with van der Waals surface area (Å²) >= 11 is 3.51. The van der Waals surface area contributed by atoms with E-state index in [4.69, 9.17) is 4.74 Å². The van der Waals surface area contributed by atoms with Gasteiger partial charge in [-0.15, -0.1) is 0 Å². The van der Waals surface area contributed by atoms with Crippen molar-refractivity contribution in [3.05, 3.63) is 22.3 Å². The van der Waals surface area contributed by atoms with Crippen LogP contribution in [-0.4, -0.2) is 35.6 Å². The molecule has 0 aromatic heterocycles. The number of hydrogen-bond acceptors (Lipinski definition) is 3. The topological polar surface area (TPSA) is 58.6 Å². The van der Waals surface area contributed by atoms with Crippen molar-refractivity contribution in [1.29, 1.82) is 0 Å². The molecule has 0 aromatic carbocycles.